The number of benzene rings is 8. The van der Waals surface area contributed by atoms with Gasteiger partial charge < -0.3 is 38.2 Å². The Kier molecular flexibility index (Phi) is 11.4. The quantitative estimate of drug-likeness (QED) is 0.0428. The molecule has 0 N–H and O–H groups in total. The van der Waals surface area contributed by atoms with E-state index >= 15 is 22.8 Å². The van der Waals surface area contributed by atoms with Crippen LogP contribution in [0, 0.1) is 30.2 Å². The molecule has 2 saturated heterocycles. The number of thioether (sulfide) groups is 2. The van der Waals surface area contributed by atoms with E-state index in [-0.39, 0.29) is 27.5 Å². The average Bonchev–Trinajstić information content (AvgIpc) is 0.656. The van der Waals surface area contributed by atoms with Crippen molar-refractivity contribution in [2.75, 3.05) is 66.3 Å². The molecular formula is C82H80F10N6O6S2. The second kappa shape index (κ2) is 35.1. The number of amides is 2. The van der Waals surface area contributed by atoms with E-state index in [2.05, 4.69) is 9.47 Å². The number of piperidine rings is 2. The van der Waals surface area contributed by atoms with Crippen molar-refractivity contribution in [3.63, 3.8) is 0 Å². The number of halogens is 10. The van der Waals surface area contributed by atoms with Crippen LogP contribution in [0.2, 0.25) is 0 Å². The number of pyridine rings is 2. The maximum absolute atomic E-state index is 16.2. The summed E-state index contributed by atoms with van der Waals surface area (Å²) >= 11 is -1.09. The molecule has 0 radical (unpaired) electrons. The number of likely N-dealkylation sites (tertiary alicyclic amines) is 2. The van der Waals surface area contributed by atoms with E-state index < -0.39 is 408 Å². The van der Waals surface area contributed by atoms with Crippen molar-refractivity contribution in [2.45, 2.75) is 111 Å². The van der Waals surface area contributed by atoms with Crippen molar-refractivity contribution in [3.8, 4) is 22.3 Å². The van der Waals surface area contributed by atoms with Crippen LogP contribution in [0.4, 0.5) is 43.9 Å². The highest BCUT2D eigenvalue weighted by molar-refractivity contribution is 7.98. The molecule has 0 spiro atoms. The first-order valence-electron chi connectivity index (χ1n) is 56.5. The van der Waals surface area contributed by atoms with E-state index in [1.165, 1.54) is 12.1 Å². The van der Waals surface area contributed by atoms with E-state index in [0.717, 1.165) is 79.7 Å². The van der Waals surface area contributed by atoms with Crippen LogP contribution in [0.3, 0.4) is 0 Å². The lowest BCUT2D eigenvalue weighted by molar-refractivity contribution is -0.138. The molecule has 24 heteroatoms. The van der Waals surface area contributed by atoms with Gasteiger partial charge in [0, 0.05) is 145 Å². The fourth-order valence-corrected chi connectivity index (χ4v) is 10.6. The van der Waals surface area contributed by atoms with Crippen LogP contribution in [0.5, 0.6) is 0 Å². The number of rotatable bonds is 24. The number of carbonyl (C=O) groups is 2. The summed E-state index contributed by atoms with van der Waals surface area (Å²) in [7, 11) is -7.43. The Bertz CT molecular complexity index is 7570. The largest absolute Gasteiger partial charge is 0.416 e. The van der Waals surface area contributed by atoms with Crippen LogP contribution < -0.4 is 10.9 Å². The molecule has 1 unspecified atom stereocenters. The maximum atomic E-state index is 16.2. The van der Waals surface area contributed by atoms with Crippen LogP contribution in [0.25, 0.3) is 44.1 Å². The summed E-state index contributed by atoms with van der Waals surface area (Å²) in [5.41, 5.74) is -24.8. The fraction of sp³-hybridized carbons (Fsp3) is 0.317. The molecule has 0 bridgehead atoms. The molecule has 0 aliphatic carbocycles. The zero-order valence-corrected chi connectivity index (χ0v) is 55.0. The summed E-state index contributed by atoms with van der Waals surface area (Å²) < 4.78 is 625. The molecule has 556 valence electrons. The van der Waals surface area contributed by atoms with Crippen molar-refractivity contribution in [1.82, 2.24) is 28.7 Å². The summed E-state index contributed by atoms with van der Waals surface area (Å²) in [6, 6.07) is -24.0. The molecule has 0 saturated carbocycles. The number of alkyl halides is 6. The smallest absolute Gasteiger partial charge is 0.383 e. The third-order valence-corrected chi connectivity index (χ3v) is 15.8. The molecule has 2 aromatic heterocycles. The number of carbonyl (C=O) groups excluding carboxylic acids is 2. The number of methoxy groups -OCH3 is 2. The summed E-state index contributed by atoms with van der Waals surface area (Å²) in [5.74, 6) is -13.7. The first kappa shape index (κ1) is 34.5. The van der Waals surface area contributed by atoms with Crippen molar-refractivity contribution >= 4 is 57.1 Å². The third kappa shape index (κ3) is 19.2. The van der Waals surface area contributed by atoms with Gasteiger partial charge in [0.2, 0.25) is 11.8 Å². The molecule has 10 aromatic rings. The van der Waals surface area contributed by atoms with Crippen molar-refractivity contribution < 1.29 is 137 Å². The molecule has 8 aromatic carbocycles. The number of hydrogen-bond acceptors (Lipinski definition) is 10. The van der Waals surface area contributed by atoms with E-state index in [1.807, 2.05) is 0 Å². The lowest BCUT2D eigenvalue weighted by Crippen LogP contribution is -2.49. The van der Waals surface area contributed by atoms with Gasteiger partial charge in [-0.15, -0.1) is 23.5 Å². The van der Waals surface area contributed by atoms with Gasteiger partial charge in [-0.05, 0) is 133 Å². The normalized spacial score (nSPS) is 27.8. The van der Waals surface area contributed by atoms with E-state index in [0.29, 0.717) is 19.1 Å². The van der Waals surface area contributed by atoms with Gasteiger partial charge in [-0.1, -0.05) is 121 Å². The highest BCUT2D eigenvalue weighted by atomic mass is 32.2. The van der Waals surface area contributed by atoms with Gasteiger partial charge in [0.1, 0.15) is 13.0 Å². The predicted molar refractivity (Wildman–Crippen MR) is 395 cm³/mol. The highest BCUT2D eigenvalue weighted by Crippen LogP contribution is 2.37. The zero-order chi connectivity index (χ0) is 123. The Morgan fingerprint density at radius 1 is 0.604 bits per heavy atom. The van der Waals surface area contributed by atoms with Crippen LogP contribution in [-0.4, -0.2) is 119 Å². The fourth-order valence-electron chi connectivity index (χ4n) is 9.15. The van der Waals surface area contributed by atoms with Gasteiger partial charge in [-0.3, -0.25) is 19.2 Å². The van der Waals surface area contributed by atoms with Crippen molar-refractivity contribution in [2.24, 2.45) is 0 Å². The number of ether oxygens (including phenoxy) is 2. The van der Waals surface area contributed by atoms with Gasteiger partial charge in [0.15, 0.2) is 34.1 Å². The summed E-state index contributed by atoms with van der Waals surface area (Å²) in [4.78, 5) is 56.6. The molecule has 106 heavy (non-hydrogen) atoms. The molecule has 2 fully saturated rings. The third-order valence-electron chi connectivity index (χ3n) is 14.2. The second-order valence-electron chi connectivity index (χ2n) is 21.1. The van der Waals surface area contributed by atoms with E-state index in [4.69, 9.17) is 50.7 Å². The highest BCUT2D eigenvalue weighted by Gasteiger charge is 2.35. The molecule has 4 heterocycles. The lowest BCUT2D eigenvalue weighted by atomic mass is 9.96. The Morgan fingerprint density at radius 3 is 1.80 bits per heavy atom. The average molecular weight is 1550 g/mol. The van der Waals surface area contributed by atoms with Crippen molar-refractivity contribution in [3.05, 3.63) is 270 Å². The zero-order valence-electron chi connectivity index (χ0n) is 107. The monoisotopic (exact) mass is 1550 g/mol. The number of hydrogen-bond donors (Lipinski definition) is 0. The number of para-hydroxylation sites is 1. The summed E-state index contributed by atoms with van der Waals surface area (Å²) in [6.45, 7) is -42.8. The minimum atomic E-state index is -5.65. The first-order chi connectivity index (χ1) is 71.7. The molecule has 12 nitrogen and oxygen atoms in total. The SMILES string of the molecule is [2H]C([2H])([2H])OC([2H])([2H])CN1C([2H])([2H])C([2H])([2H])C([2H])(N(C(=O)C([2H])([2H])n2c(SC([2H])([2H])c3cccc(F)c3F)cc(=O)c3ccccc32)C([2H])(C)c2ccc(-c3ccc(C(F)(F)F)cc3)cc2)C([2H])([2H])C1([2H])[2H].[2H]c1c([2H])c(F)c(F)c(C([2H])([2H])Sc2c([2H])c(=O)c3c([2H])c(C)c([2H])c([2H])c3n2C([2H])([2H])C(=O)N(C([2H])([2H])c2c([2H])c([2H])c(-c3c([2H])c([2H])c(C(F)(F)F)c([2H])c3[2H])c([2H])c2[2H])C2([2H])C([2H])([2H])C([2H])([2H])N(CC([2H])([2H])OC([2H])([2H])[2H])C([2H])([2H])C2([2H])[2H])c1[2H]. The number of aromatic nitrogens is 2. The molecule has 2 aliphatic heterocycles. The van der Waals surface area contributed by atoms with E-state index in [1.54, 1.807) is 0 Å². The lowest BCUT2D eigenvalue weighted by Gasteiger charge is -2.42. The molecule has 1 atom stereocenters. The first-order valence-corrected chi connectivity index (χ1v) is 31.2. The minimum absolute atomic E-state index is 0.127. The van der Waals surface area contributed by atoms with Gasteiger partial charge in [0.25, 0.3) is 0 Å². The van der Waals surface area contributed by atoms with Crippen molar-refractivity contribution in [1.29, 1.82) is 0 Å². The predicted octanol–water partition coefficient (Wildman–Crippen LogP) is 17.7. The van der Waals surface area contributed by atoms with Crippen LogP contribution in [-0.2, 0) is 62.3 Å². The minimum Gasteiger partial charge on any atom is -0.383 e. The Labute approximate surface area is 692 Å². The van der Waals surface area contributed by atoms with Crippen LogP contribution in [0.15, 0.2) is 207 Å². The number of fused-ring (bicyclic) bond motifs is 2. The Hall–Kier alpha value is -9.04. The standard InChI is InChI=1S/2C41H40F5N3O3S/c1-27(28-10-12-29(13-11-28)30-14-16-32(17-15-30)41(44,45)46)49(33-18-20-47(21-19-33)22-23-52-2)38(51)25-48-36-9-4-3-7-34(36)37(50)24-39(48)53-26-31-6-5-8-35(42)40(31)43;1-27-6-15-36-34(22-27)37(50)23-39(53-26-31-4-3-5-35(42)40(31)43)49(36)25-38(51)48(33-16-18-47(19-17-33)20-21-52-2)24-28-7-9-29(10-8-28)30-11-13-32(14-12-30)41(44,45)46/h3-17,24,27,33H,18-23,25-26H2,1-2H3;3-15,22-23,33H,16-21,24-26H2,1-2H3/i2D3,18D2,19D2,20D2,21D2,23D2,25D2,26D2,27D,33D;2D3,3D,4D,5D,6D,7D,8D,9D,10D,11D,12D,13D,14D,15D,16D2,17D2,18D2,19D2,21D2,22D,23D,24D2,25D2,26D2,33D. The van der Waals surface area contributed by atoms with E-state index in [9.17, 15) is 63.6 Å². The Morgan fingerprint density at radius 2 is 1.17 bits per heavy atom. The molecular weight excluding hydrogens is 1420 g/mol. The van der Waals surface area contributed by atoms with Gasteiger partial charge in [0.05, 0.1) is 98.0 Å². The molecule has 2 aliphatic rings. The molecule has 12 rings (SSSR count). The maximum Gasteiger partial charge on any atom is 0.416 e. The van der Waals surface area contributed by atoms with Gasteiger partial charge in [-0.2, -0.15) is 26.3 Å². The molecule has 2 amide bonds. The number of nitrogens with zero attached hydrogens (tertiary/aromatic N) is 6. The van der Waals surface area contributed by atoms with Crippen LogP contribution >= 0.6 is 23.5 Å². The van der Waals surface area contributed by atoms with Crippen LogP contribution in [0.1, 0.15) is 151 Å². The summed E-state index contributed by atoms with van der Waals surface area (Å²) in [6.07, 6.45) is -29.7. The second-order valence-corrected chi connectivity index (χ2v) is 22.7. The van der Waals surface area contributed by atoms with Gasteiger partial charge >= 0.3 is 12.4 Å². The topological polar surface area (TPSA) is 110 Å². The van der Waals surface area contributed by atoms with Gasteiger partial charge in [-0.25, -0.2) is 17.6 Å². The Balaban J connectivity index is 0.000000307. The summed E-state index contributed by atoms with van der Waals surface area (Å²) in [5, 5.41) is -4.64.